The number of nitrogens with one attached hydrogen (secondary N) is 2. The summed E-state index contributed by atoms with van der Waals surface area (Å²) in [6.45, 7) is 4.66. The lowest BCUT2D eigenvalue weighted by Gasteiger charge is -2.10. The van der Waals surface area contributed by atoms with Crippen molar-refractivity contribution < 1.29 is 19.1 Å². The lowest BCUT2D eigenvalue weighted by Crippen LogP contribution is -2.17. The van der Waals surface area contributed by atoms with Gasteiger partial charge in [-0.15, -0.1) is 0 Å². The number of ether oxygens (including phenoxy) is 2. The van der Waals surface area contributed by atoms with Crippen molar-refractivity contribution in [3.8, 4) is 5.75 Å². The fourth-order valence-electron chi connectivity index (χ4n) is 2.62. The predicted octanol–water partition coefficient (Wildman–Crippen LogP) is 4.08. The van der Waals surface area contributed by atoms with Crippen LogP contribution in [0.3, 0.4) is 0 Å². The first-order valence-electron chi connectivity index (χ1n) is 9.36. The lowest BCUT2D eigenvalue weighted by atomic mass is 10.1. The average molecular weight is 384 g/mol. The lowest BCUT2D eigenvalue weighted by molar-refractivity contribution is -0.119. The minimum atomic E-state index is -0.220. The molecular formula is C22H28N2O4. The van der Waals surface area contributed by atoms with Crippen LogP contribution in [0.2, 0.25) is 0 Å². The number of rotatable bonds is 10. The zero-order valence-electron chi connectivity index (χ0n) is 16.7. The van der Waals surface area contributed by atoms with Gasteiger partial charge >= 0.3 is 0 Å². The normalized spacial score (nSPS) is 10.4. The van der Waals surface area contributed by atoms with E-state index in [0.717, 1.165) is 24.2 Å². The summed E-state index contributed by atoms with van der Waals surface area (Å²) in [5.41, 5.74) is 3.64. The van der Waals surface area contributed by atoms with E-state index in [0.29, 0.717) is 24.4 Å². The maximum Gasteiger partial charge on any atom is 0.250 e. The molecule has 0 spiro atoms. The second-order valence-corrected chi connectivity index (χ2v) is 6.68. The number of unbranched alkanes of at least 4 members (excludes halogenated alkanes) is 1. The van der Waals surface area contributed by atoms with Gasteiger partial charge in [-0.1, -0.05) is 12.1 Å². The zero-order valence-corrected chi connectivity index (χ0v) is 16.7. The quantitative estimate of drug-likeness (QED) is 0.605. The van der Waals surface area contributed by atoms with Crippen molar-refractivity contribution in [2.45, 2.75) is 33.1 Å². The number of benzene rings is 2. The third-order valence-corrected chi connectivity index (χ3v) is 4.13. The third-order valence-electron chi connectivity index (χ3n) is 4.13. The molecule has 150 valence electrons. The molecule has 0 fully saturated rings. The van der Waals surface area contributed by atoms with Gasteiger partial charge in [-0.2, -0.15) is 0 Å². The summed E-state index contributed by atoms with van der Waals surface area (Å²) < 4.78 is 10.6. The molecule has 0 unspecified atom stereocenters. The number of hydrogen-bond donors (Lipinski definition) is 2. The monoisotopic (exact) mass is 384 g/mol. The van der Waals surface area contributed by atoms with Crippen molar-refractivity contribution >= 4 is 23.2 Å². The van der Waals surface area contributed by atoms with Gasteiger partial charge in [-0.05, 0) is 68.1 Å². The summed E-state index contributed by atoms with van der Waals surface area (Å²) in [5, 5.41) is 5.56. The van der Waals surface area contributed by atoms with Crippen LogP contribution in [-0.2, 0) is 14.3 Å². The van der Waals surface area contributed by atoms with Crippen LogP contribution >= 0.6 is 0 Å². The summed E-state index contributed by atoms with van der Waals surface area (Å²) in [4.78, 5) is 23.5. The van der Waals surface area contributed by atoms with Crippen LogP contribution in [-0.4, -0.2) is 32.1 Å². The molecule has 2 aromatic carbocycles. The first kappa shape index (κ1) is 21.4. The summed E-state index contributed by atoms with van der Waals surface area (Å²) in [6.07, 6.45) is 2.00. The Morgan fingerprint density at radius 1 is 0.893 bits per heavy atom. The van der Waals surface area contributed by atoms with Crippen molar-refractivity contribution in [3.05, 3.63) is 53.6 Å². The molecule has 0 saturated carbocycles. The van der Waals surface area contributed by atoms with E-state index in [-0.39, 0.29) is 18.4 Å². The number of carbonyl (C=O) groups is 2. The van der Waals surface area contributed by atoms with Gasteiger partial charge in [0.15, 0.2) is 0 Å². The fourth-order valence-corrected chi connectivity index (χ4v) is 2.62. The summed E-state index contributed by atoms with van der Waals surface area (Å²) in [7, 11) is 1.47. The molecule has 0 aromatic heterocycles. The molecule has 0 aliphatic carbocycles. The highest BCUT2D eigenvalue weighted by atomic mass is 16.5. The molecule has 28 heavy (non-hydrogen) atoms. The van der Waals surface area contributed by atoms with Gasteiger partial charge < -0.3 is 20.1 Å². The molecule has 0 heterocycles. The molecule has 2 N–H and O–H groups in total. The molecule has 0 radical (unpaired) electrons. The molecule has 0 aliphatic heterocycles. The standard InChI is InChI=1S/C22H28N2O4/c1-16-7-8-17(2)20(14-16)28-13-5-4-6-21(25)23-18-9-11-19(12-10-18)24-22(26)15-27-3/h7-12,14H,4-6,13,15H2,1-3H3,(H,23,25)(H,24,26). The molecule has 2 rings (SSSR count). The van der Waals surface area contributed by atoms with E-state index in [9.17, 15) is 9.59 Å². The number of amides is 2. The van der Waals surface area contributed by atoms with Crippen molar-refractivity contribution in [1.29, 1.82) is 0 Å². The van der Waals surface area contributed by atoms with E-state index in [4.69, 9.17) is 9.47 Å². The van der Waals surface area contributed by atoms with Crippen LogP contribution in [0, 0.1) is 13.8 Å². The largest absolute Gasteiger partial charge is 0.493 e. The van der Waals surface area contributed by atoms with Crippen LogP contribution in [0.15, 0.2) is 42.5 Å². The minimum Gasteiger partial charge on any atom is -0.493 e. The first-order chi connectivity index (χ1) is 13.5. The van der Waals surface area contributed by atoms with Crippen LogP contribution in [0.4, 0.5) is 11.4 Å². The maximum atomic E-state index is 12.1. The van der Waals surface area contributed by atoms with Gasteiger partial charge in [0.2, 0.25) is 11.8 Å². The van der Waals surface area contributed by atoms with Gasteiger partial charge in [0.25, 0.3) is 0 Å². The molecule has 2 amide bonds. The number of anilines is 2. The van der Waals surface area contributed by atoms with E-state index >= 15 is 0 Å². The smallest absolute Gasteiger partial charge is 0.250 e. The highest BCUT2D eigenvalue weighted by molar-refractivity contribution is 5.93. The van der Waals surface area contributed by atoms with Crippen LogP contribution in [0.1, 0.15) is 30.4 Å². The third kappa shape index (κ3) is 7.40. The van der Waals surface area contributed by atoms with Crippen molar-refractivity contribution in [2.75, 3.05) is 31.0 Å². The Labute approximate surface area is 166 Å². The molecule has 6 heteroatoms. The van der Waals surface area contributed by atoms with Gasteiger partial charge in [-0.3, -0.25) is 9.59 Å². The van der Waals surface area contributed by atoms with Crippen LogP contribution in [0.5, 0.6) is 5.75 Å². The maximum absolute atomic E-state index is 12.1. The molecule has 0 atom stereocenters. The Hall–Kier alpha value is -2.86. The van der Waals surface area contributed by atoms with Crippen molar-refractivity contribution in [2.24, 2.45) is 0 Å². The van der Waals surface area contributed by atoms with E-state index < -0.39 is 0 Å². The number of hydrogen-bond acceptors (Lipinski definition) is 4. The summed E-state index contributed by atoms with van der Waals surface area (Å²) in [6, 6.07) is 13.1. The molecule has 6 nitrogen and oxygen atoms in total. The highest BCUT2D eigenvalue weighted by Gasteiger charge is 2.05. The second kappa shape index (κ2) is 11.1. The fraction of sp³-hybridized carbons (Fsp3) is 0.364. The molecular weight excluding hydrogens is 356 g/mol. The van der Waals surface area contributed by atoms with E-state index in [1.165, 1.54) is 12.7 Å². The Morgan fingerprint density at radius 2 is 1.54 bits per heavy atom. The second-order valence-electron chi connectivity index (χ2n) is 6.68. The van der Waals surface area contributed by atoms with Crippen molar-refractivity contribution in [3.63, 3.8) is 0 Å². The Bertz CT molecular complexity index is 788. The SMILES string of the molecule is COCC(=O)Nc1ccc(NC(=O)CCCCOc2cc(C)ccc2C)cc1. The Balaban J connectivity index is 1.67. The zero-order chi connectivity index (χ0) is 20.4. The highest BCUT2D eigenvalue weighted by Crippen LogP contribution is 2.19. The minimum absolute atomic E-state index is 0.00560. The van der Waals surface area contributed by atoms with Gasteiger partial charge in [0.1, 0.15) is 12.4 Å². The van der Waals surface area contributed by atoms with Gasteiger partial charge in [0.05, 0.1) is 6.61 Å². The Kier molecular flexibility index (Phi) is 8.49. The predicted molar refractivity (Wildman–Crippen MR) is 111 cm³/mol. The van der Waals surface area contributed by atoms with E-state index in [2.05, 4.69) is 16.7 Å². The number of aryl methyl sites for hydroxylation is 2. The molecule has 2 aromatic rings. The summed E-state index contributed by atoms with van der Waals surface area (Å²) in [5.74, 6) is 0.646. The Morgan fingerprint density at radius 3 is 2.18 bits per heavy atom. The first-order valence-corrected chi connectivity index (χ1v) is 9.36. The van der Waals surface area contributed by atoms with Crippen LogP contribution < -0.4 is 15.4 Å². The van der Waals surface area contributed by atoms with E-state index in [1.807, 2.05) is 26.0 Å². The molecule has 0 bridgehead atoms. The van der Waals surface area contributed by atoms with Crippen LogP contribution in [0.25, 0.3) is 0 Å². The summed E-state index contributed by atoms with van der Waals surface area (Å²) >= 11 is 0. The van der Waals surface area contributed by atoms with Gasteiger partial charge in [0, 0.05) is 24.9 Å². The van der Waals surface area contributed by atoms with Crippen molar-refractivity contribution in [1.82, 2.24) is 0 Å². The van der Waals surface area contributed by atoms with E-state index in [1.54, 1.807) is 24.3 Å². The topological polar surface area (TPSA) is 76.7 Å². The number of carbonyl (C=O) groups excluding carboxylic acids is 2. The molecule has 0 saturated heterocycles. The number of methoxy groups -OCH3 is 1. The van der Waals surface area contributed by atoms with Gasteiger partial charge in [-0.25, -0.2) is 0 Å². The average Bonchev–Trinajstić information content (AvgIpc) is 2.66. The molecule has 0 aliphatic rings.